The molecule has 0 aromatic rings. The fourth-order valence-corrected chi connectivity index (χ4v) is 1.33. The lowest BCUT2D eigenvalue weighted by atomic mass is 9.95. The standard InChI is InChI=1S/C10H23N/c1-5-9(3)7-10(4)8-11-6-2/h9-11H,5-8H2,1-4H3. The fraction of sp³-hybridized carbons (Fsp3) is 1.00. The Balaban J connectivity index is 3.27. The van der Waals surface area contributed by atoms with Gasteiger partial charge >= 0.3 is 0 Å². The zero-order valence-corrected chi connectivity index (χ0v) is 8.48. The summed E-state index contributed by atoms with van der Waals surface area (Å²) < 4.78 is 0. The molecule has 68 valence electrons. The van der Waals surface area contributed by atoms with Crippen molar-refractivity contribution in [2.24, 2.45) is 11.8 Å². The fourth-order valence-electron chi connectivity index (χ4n) is 1.33. The van der Waals surface area contributed by atoms with E-state index >= 15 is 0 Å². The van der Waals surface area contributed by atoms with Gasteiger partial charge in [0.25, 0.3) is 0 Å². The number of nitrogens with one attached hydrogen (secondary N) is 1. The minimum Gasteiger partial charge on any atom is -0.317 e. The number of hydrogen-bond donors (Lipinski definition) is 1. The molecule has 0 saturated carbocycles. The highest BCUT2D eigenvalue weighted by Crippen LogP contribution is 2.13. The summed E-state index contributed by atoms with van der Waals surface area (Å²) in [5, 5.41) is 3.38. The molecule has 0 fully saturated rings. The Morgan fingerprint density at radius 2 is 1.73 bits per heavy atom. The predicted molar refractivity (Wildman–Crippen MR) is 51.8 cm³/mol. The van der Waals surface area contributed by atoms with Crippen molar-refractivity contribution in [3.05, 3.63) is 0 Å². The summed E-state index contributed by atoms with van der Waals surface area (Å²) in [5.74, 6) is 1.73. The van der Waals surface area contributed by atoms with Crippen LogP contribution in [0, 0.1) is 11.8 Å². The van der Waals surface area contributed by atoms with E-state index in [0.29, 0.717) is 0 Å². The van der Waals surface area contributed by atoms with Crippen molar-refractivity contribution in [3.8, 4) is 0 Å². The van der Waals surface area contributed by atoms with Crippen molar-refractivity contribution in [3.63, 3.8) is 0 Å². The van der Waals surface area contributed by atoms with Crippen LogP contribution in [0.15, 0.2) is 0 Å². The van der Waals surface area contributed by atoms with E-state index in [1.807, 2.05) is 0 Å². The van der Waals surface area contributed by atoms with Gasteiger partial charge in [0.15, 0.2) is 0 Å². The van der Waals surface area contributed by atoms with Gasteiger partial charge in [0.1, 0.15) is 0 Å². The molecule has 2 unspecified atom stereocenters. The predicted octanol–water partition coefficient (Wildman–Crippen LogP) is 2.67. The van der Waals surface area contributed by atoms with Crippen molar-refractivity contribution >= 4 is 0 Å². The van der Waals surface area contributed by atoms with E-state index in [-0.39, 0.29) is 0 Å². The van der Waals surface area contributed by atoms with E-state index in [1.165, 1.54) is 19.4 Å². The van der Waals surface area contributed by atoms with Crippen molar-refractivity contribution in [1.29, 1.82) is 0 Å². The van der Waals surface area contributed by atoms with Gasteiger partial charge < -0.3 is 5.32 Å². The molecule has 0 bridgehead atoms. The van der Waals surface area contributed by atoms with Crippen molar-refractivity contribution in [2.45, 2.75) is 40.5 Å². The Hall–Kier alpha value is -0.0400. The zero-order valence-electron chi connectivity index (χ0n) is 8.48. The largest absolute Gasteiger partial charge is 0.317 e. The molecule has 0 aliphatic heterocycles. The third-order valence-electron chi connectivity index (χ3n) is 2.24. The number of hydrogen-bond acceptors (Lipinski definition) is 1. The summed E-state index contributed by atoms with van der Waals surface area (Å²) in [4.78, 5) is 0. The van der Waals surface area contributed by atoms with Crippen molar-refractivity contribution in [2.75, 3.05) is 13.1 Å². The van der Waals surface area contributed by atoms with Crippen LogP contribution in [0.5, 0.6) is 0 Å². The minimum absolute atomic E-state index is 0.838. The molecule has 0 aromatic carbocycles. The average Bonchev–Trinajstić information content (AvgIpc) is 2.00. The van der Waals surface area contributed by atoms with Gasteiger partial charge in [0.05, 0.1) is 0 Å². The number of rotatable bonds is 6. The van der Waals surface area contributed by atoms with E-state index in [0.717, 1.165) is 18.4 Å². The Labute approximate surface area is 71.6 Å². The lowest BCUT2D eigenvalue weighted by Gasteiger charge is -2.15. The quantitative estimate of drug-likeness (QED) is 0.625. The minimum atomic E-state index is 0.838. The summed E-state index contributed by atoms with van der Waals surface area (Å²) in [6.07, 6.45) is 2.68. The maximum absolute atomic E-state index is 3.38. The van der Waals surface area contributed by atoms with Crippen LogP contribution in [0.2, 0.25) is 0 Å². The molecule has 0 radical (unpaired) electrons. The van der Waals surface area contributed by atoms with Crippen LogP contribution in [-0.4, -0.2) is 13.1 Å². The normalized spacial score (nSPS) is 16.4. The first-order valence-electron chi connectivity index (χ1n) is 4.91. The van der Waals surface area contributed by atoms with Crippen LogP contribution in [0.25, 0.3) is 0 Å². The molecule has 0 aromatic heterocycles. The molecule has 0 amide bonds. The molecule has 1 N–H and O–H groups in total. The lowest BCUT2D eigenvalue weighted by molar-refractivity contribution is 0.391. The Morgan fingerprint density at radius 3 is 2.18 bits per heavy atom. The first-order valence-corrected chi connectivity index (χ1v) is 4.91. The van der Waals surface area contributed by atoms with E-state index in [2.05, 4.69) is 33.0 Å². The maximum atomic E-state index is 3.38. The summed E-state index contributed by atoms with van der Waals surface area (Å²) >= 11 is 0. The molecule has 0 aliphatic carbocycles. The molecular formula is C10H23N. The van der Waals surface area contributed by atoms with Gasteiger partial charge in [-0.1, -0.05) is 34.1 Å². The summed E-state index contributed by atoms with van der Waals surface area (Å²) in [7, 11) is 0. The molecule has 1 heteroatoms. The average molecular weight is 157 g/mol. The van der Waals surface area contributed by atoms with Gasteiger partial charge in [0, 0.05) is 0 Å². The maximum Gasteiger partial charge on any atom is -0.00232 e. The van der Waals surface area contributed by atoms with Crippen molar-refractivity contribution in [1.82, 2.24) is 5.32 Å². The van der Waals surface area contributed by atoms with Gasteiger partial charge in [-0.25, -0.2) is 0 Å². The molecule has 1 nitrogen and oxygen atoms in total. The Morgan fingerprint density at radius 1 is 1.09 bits per heavy atom. The Kier molecular flexibility index (Phi) is 6.63. The molecule has 0 saturated heterocycles. The van der Waals surface area contributed by atoms with E-state index < -0.39 is 0 Å². The van der Waals surface area contributed by atoms with Crippen LogP contribution in [0.4, 0.5) is 0 Å². The van der Waals surface area contributed by atoms with Gasteiger partial charge in [0.2, 0.25) is 0 Å². The second-order valence-electron chi connectivity index (χ2n) is 3.66. The third kappa shape index (κ3) is 6.36. The summed E-state index contributed by atoms with van der Waals surface area (Å²) in [6.45, 7) is 11.4. The lowest BCUT2D eigenvalue weighted by Crippen LogP contribution is -2.21. The van der Waals surface area contributed by atoms with Crippen LogP contribution < -0.4 is 5.32 Å². The van der Waals surface area contributed by atoms with E-state index in [9.17, 15) is 0 Å². The molecular weight excluding hydrogens is 134 g/mol. The topological polar surface area (TPSA) is 12.0 Å². The zero-order chi connectivity index (χ0) is 8.69. The van der Waals surface area contributed by atoms with E-state index in [1.54, 1.807) is 0 Å². The highest BCUT2D eigenvalue weighted by molar-refractivity contribution is 4.60. The molecule has 11 heavy (non-hydrogen) atoms. The van der Waals surface area contributed by atoms with Crippen LogP contribution in [0.3, 0.4) is 0 Å². The van der Waals surface area contributed by atoms with Crippen LogP contribution in [0.1, 0.15) is 40.5 Å². The van der Waals surface area contributed by atoms with E-state index in [4.69, 9.17) is 0 Å². The first-order chi connectivity index (χ1) is 5.20. The third-order valence-corrected chi connectivity index (χ3v) is 2.24. The Bertz CT molecular complexity index is 80.9. The van der Waals surface area contributed by atoms with Crippen LogP contribution in [-0.2, 0) is 0 Å². The van der Waals surface area contributed by atoms with Crippen LogP contribution >= 0.6 is 0 Å². The monoisotopic (exact) mass is 157 g/mol. The molecule has 0 spiro atoms. The molecule has 0 heterocycles. The molecule has 0 aliphatic rings. The summed E-state index contributed by atoms with van der Waals surface area (Å²) in [5.41, 5.74) is 0. The summed E-state index contributed by atoms with van der Waals surface area (Å²) in [6, 6.07) is 0. The van der Waals surface area contributed by atoms with Gasteiger partial charge in [-0.05, 0) is 31.3 Å². The molecule has 0 rings (SSSR count). The van der Waals surface area contributed by atoms with Gasteiger partial charge in [-0.2, -0.15) is 0 Å². The highest BCUT2D eigenvalue weighted by atomic mass is 14.8. The second-order valence-corrected chi connectivity index (χ2v) is 3.66. The molecule has 2 atom stereocenters. The SMILES string of the molecule is CCNCC(C)CC(C)CC. The first kappa shape index (κ1) is 11.0. The van der Waals surface area contributed by atoms with Gasteiger partial charge in [-0.15, -0.1) is 0 Å². The second kappa shape index (κ2) is 6.66. The highest BCUT2D eigenvalue weighted by Gasteiger charge is 2.05. The van der Waals surface area contributed by atoms with Crippen molar-refractivity contribution < 1.29 is 0 Å². The van der Waals surface area contributed by atoms with Gasteiger partial charge in [-0.3, -0.25) is 0 Å². The smallest absolute Gasteiger partial charge is 0.00232 e.